The number of halogens is 3. The summed E-state index contributed by atoms with van der Waals surface area (Å²) in [6.07, 6.45) is 14.0. The molecule has 0 bridgehead atoms. The highest BCUT2D eigenvalue weighted by Gasteiger charge is 2.34. The van der Waals surface area contributed by atoms with Crippen molar-refractivity contribution in [3.05, 3.63) is 213 Å². The molecule has 0 amide bonds. The zero-order chi connectivity index (χ0) is 88.3. The molecule has 644 valence electrons. The number of aromatic amines is 2. The van der Waals surface area contributed by atoms with Gasteiger partial charge in [-0.15, -0.1) is 25.6 Å². The van der Waals surface area contributed by atoms with Gasteiger partial charge >= 0.3 is 6.18 Å². The molecule has 4 aliphatic carbocycles. The minimum absolute atomic E-state index is 0.00717. The fraction of sp³-hybridized carbons (Fsp3) is 0.282. The predicted molar refractivity (Wildman–Crippen MR) is 513 cm³/mol. The fourth-order valence-corrected chi connectivity index (χ4v) is 15.7. The Hall–Kier alpha value is -12.2. The summed E-state index contributed by atoms with van der Waals surface area (Å²) in [5.41, 5.74) is 49.9. The molecule has 2 unspecified atom stereocenters. The van der Waals surface area contributed by atoms with Crippen LogP contribution < -0.4 is 80.8 Å². The van der Waals surface area contributed by atoms with Crippen molar-refractivity contribution in [2.24, 2.45) is 89.7 Å². The van der Waals surface area contributed by atoms with Crippen LogP contribution in [0.3, 0.4) is 0 Å². The number of rotatable bonds is 15. The van der Waals surface area contributed by atoms with E-state index in [4.69, 9.17) is 99.2 Å². The highest BCUT2D eigenvalue weighted by atomic mass is 32.1. The van der Waals surface area contributed by atoms with E-state index < -0.39 is 11.7 Å². The van der Waals surface area contributed by atoms with Crippen LogP contribution in [-0.2, 0) is 20.3 Å². The molecule has 7 aromatic carbocycles. The minimum atomic E-state index is -4.52. The fourth-order valence-electron chi connectivity index (χ4n) is 14.2. The van der Waals surface area contributed by atoms with Crippen LogP contribution in [0.1, 0.15) is 127 Å². The molecule has 2 atom stereocenters. The highest BCUT2D eigenvalue weighted by Crippen LogP contribution is 2.42. The Morgan fingerprint density at radius 2 is 1.20 bits per heavy atom. The number of thiocarbonyl (C=S) groups is 6. The summed E-state index contributed by atoms with van der Waals surface area (Å²) in [7, 11) is 3.79. The highest BCUT2D eigenvalue weighted by molar-refractivity contribution is 7.81. The number of aromatic nitrogens is 5. The summed E-state index contributed by atoms with van der Waals surface area (Å²) < 4.78 is 56.6. The molecule has 0 aliphatic heterocycles. The van der Waals surface area contributed by atoms with E-state index in [0.29, 0.717) is 53.3 Å². The standard InChI is InChI=1S/C20H20N6OS2.C18H19N3O2S.C16H11F3N4OS.C13H21N3S.C9H9N5S.C9H17N3S/c1-13-17(18(27)26(25(13)3)14-9-5-4-6-10-14)21-19(28)22-23-20-24(2)15-11-7-8-12-16(15)29-20;1-3-22-11-5-7-13-14-8-6-12(23-4-2)10-16(14)17(15(13)9-11)20-21-18(19)24;17-16(18,19)10-6-2-4-8-12(10)21-15(25)23-22-13-9-5-1-3-7-11(9)20-14(13)24;14-13(17)16-15-12-9-5-4-8-11(12)10-6-2-1-3-7-10;10-7-5-3-1-2-4-6(5)8(12-7)13-14-9(11)15;1-2-7-5-3-4-6-8(7)11-12-9(10)13/h4-12H,1-3H3,(H2,21,22,28);5-10H,3-4H2,1-2H3,(H3,19,21,24);1-8,20,24H,(H,21,25);6,11H,1-5,7-9H2,(H3,14,16,17);1-4,12H,10H2,(H2,11,15);7H,2-6H2,1H3,(H3,10,12,13)/b23-20+;;;15-12+;;11-8+. The third-order valence-corrected chi connectivity index (χ3v) is 21.8. The van der Waals surface area contributed by atoms with E-state index in [-0.39, 0.29) is 53.5 Å². The number of fused-ring (bicyclic) bond motifs is 6. The van der Waals surface area contributed by atoms with Gasteiger partial charge in [-0.05, 0) is 261 Å². The molecule has 11 aromatic rings. The van der Waals surface area contributed by atoms with E-state index in [1.165, 1.54) is 93.8 Å². The number of nitrogens with one attached hydrogen (secondary N) is 8. The Labute approximate surface area is 744 Å². The molecule has 0 spiro atoms. The molecule has 4 aliphatic rings. The third kappa shape index (κ3) is 25.5. The summed E-state index contributed by atoms with van der Waals surface area (Å²) >= 11 is 30.8. The van der Waals surface area contributed by atoms with Crippen molar-refractivity contribution in [1.29, 1.82) is 0 Å². The van der Waals surface area contributed by atoms with Crippen molar-refractivity contribution in [2.75, 3.05) is 29.6 Å². The Bertz CT molecular complexity index is 5910. The monoisotopic (exact) mass is 1800 g/mol. The molecular formula is C85H97F3N24O4S7. The van der Waals surface area contributed by atoms with Crippen LogP contribution in [0, 0.1) is 18.8 Å². The zero-order valence-electron chi connectivity index (χ0n) is 68.4. The molecular weight excluding hydrogens is 1700 g/mol. The lowest BCUT2D eigenvalue weighted by atomic mass is 9.78. The van der Waals surface area contributed by atoms with E-state index >= 15 is 0 Å². The number of aromatic hydroxyl groups is 1. The topological polar surface area (TPSA) is 403 Å². The molecule has 2 fully saturated rings. The number of hydrogen-bond donors (Lipinski definition) is 14. The van der Waals surface area contributed by atoms with Gasteiger partial charge in [0, 0.05) is 58.7 Å². The number of ether oxygens (including phenoxy) is 2. The van der Waals surface area contributed by atoms with Crippen molar-refractivity contribution in [1.82, 2.24) is 45.6 Å². The number of anilines is 3. The van der Waals surface area contributed by atoms with Crippen LogP contribution in [0.2, 0.25) is 0 Å². The van der Waals surface area contributed by atoms with Gasteiger partial charge in [0.25, 0.3) is 5.56 Å². The van der Waals surface area contributed by atoms with Gasteiger partial charge in [0.15, 0.2) is 32.0 Å². The summed E-state index contributed by atoms with van der Waals surface area (Å²) in [6.45, 7) is 9.20. The van der Waals surface area contributed by atoms with Crippen LogP contribution in [-0.4, -0.2) is 90.0 Å². The van der Waals surface area contributed by atoms with E-state index in [0.717, 1.165) is 102 Å². The normalized spacial score (nSPS) is 15.4. The molecule has 2 saturated carbocycles. The van der Waals surface area contributed by atoms with Gasteiger partial charge in [0.1, 0.15) is 23.0 Å². The van der Waals surface area contributed by atoms with Crippen molar-refractivity contribution in [3.63, 3.8) is 0 Å². The van der Waals surface area contributed by atoms with Gasteiger partial charge in [-0.1, -0.05) is 128 Å². The summed E-state index contributed by atoms with van der Waals surface area (Å²) in [4.78, 5) is 19.4. The second kappa shape index (κ2) is 45.1. The lowest BCUT2D eigenvalue weighted by Crippen LogP contribution is -2.30. The SMILES string of the molecule is CCC1CCCC/C1=N\NC(N)=S.CCOc1ccc2c(c1)C(=NNC(N)=S)c1cc(OCC)ccc1-2.Cc1c(NC(=S)N/N=c2/sc3ccccc3n2C)c(=O)n(-c2ccccc2)n1C.NC(=S)N/N=C1\CCCCC1C1=CCCCC1.NC(=S)N=Nc1[nH]c(N)c2ccccc12.Oc1[nH]c2ccccc2c1N=NC(=S)Nc1ccccc1C(F)(F)F. The molecule has 123 heavy (non-hydrogen) atoms. The number of H-pyrrole nitrogens is 2. The number of allylic oxidation sites excluding steroid dienone is 2. The van der Waals surface area contributed by atoms with Crippen LogP contribution in [0.15, 0.2) is 221 Å². The number of alkyl halides is 3. The number of azo groups is 2. The second-order valence-electron chi connectivity index (χ2n) is 28.1. The number of nitrogens with zero attached hydrogens (tertiary/aromatic N) is 11. The van der Waals surface area contributed by atoms with Gasteiger partial charge in [-0.25, -0.2) is 4.68 Å². The maximum Gasteiger partial charge on any atom is 0.418 e. The Morgan fingerprint density at radius 3 is 1.83 bits per heavy atom. The van der Waals surface area contributed by atoms with Crippen LogP contribution in [0.5, 0.6) is 17.4 Å². The quantitative estimate of drug-likeness (QED) is 0.0196. The van der Waals surface area contributed by atoms with Gasteiger partial charge in [-0.2, -0.15) is 28.5 Å². The van der Waals surface area contributed by atoms with Gasteiger partial charge in [-0.3, -0.25) is 31.2 Å². The Kier molecular flexibility index (Phi) is 34.1. The number of benzene rings is 7. The van der Waals surface area contributed by atoms with Crippen LogP contribution in [0.25, 0.3) is 48.7 Å². The van der Waals surface area contributed by atoms with Gasteiger partial charge in [0.2, 0.25) is 20.9 Å². The molecule has 28 nitrogen and oxygen atoms in total. The first-order chi connectivity index (χ1) is 59.2. The number of nitrogens with two attached hydrogens (primary N) is 5. The van der Waals surface area contributed by atoms with Crippen molar-refractivity contribution >= 4 is 193 Å². The van der Waals surface area contributed by atoms with Crippen molar-refractivity contribution < 1.29 is 27.8 Å². The molecule has 19 N–H and O–H groups in total. The van der Waals surface area contributed by atoms with Gasteiger partial charge in [0.05, 0.1) is 57.3 Å². The van der Waals surface area contributed by atoms with Crippen molar-refractivity contribution in [3.8, 4) is 34.2 Å². The van der Waals surface area contributed by atoms with Gasteiger partial charge < -0.3 is 68.4 Å². The average molecular weight is 1800 g/mol. The smallest absolute Gasteiger partial charge is 0.418 e. The number of nitrogen functional groups attached to an aromatic ring is 1. The molecule has 15 rings (SSSR count). The third-order valence-electron chi connectivity index (χ3n) is 20.0. The maximum absolute atomic E-state index is 13.0. The number of hydrazone groups is 3. The Morgan fingerprint density at radius 1 is 0.618 bits per heavy atom. The zero-order valence-corrected chi connectivity index (χ0v) is 74.1. The predicted octanol–water partition coefficient (Wildman–Crippen LogP) is 18.0. The minimum Gasteiger partial charge on any atom is -0.494 e. The average Bonchev–Trinajstić information content (AvgIpc) is 1.62. The summed E-state index contributed by atoms with van der Waals surface area (Å²) in [6, 6.07) is 49.1. The lowest BCUT2D eigenvalue weighted by Gasteiger charge is -2.28. The summed E-state index contributed by atoms with van der Waals surface area (Å²) in [5.74, 6) is 3.71. The number of hydrogen-bond acceptors (Lipinski definition) is 18. The first-order valence-corrected chi connectivity index (χ1v) is 42.8. The van der Waals surface area contributed by atoms with E-state index in [2.05, 4.69) is 114 Å². The summed E-state index contributed by atoms with van der Waals surface area (Å²) in [5, 5.41) is 50.8. The second-order valence-corrected chi connectivity index (χ2v) is 31.6. The molecule has 4 heterocycles. The Balaban J connectivity index is 0.000000158. The number of para-hydroxylation sites is 4. The molecule has 0 radical (unpaired) electrons. The maximum atomic E-state index is 13.0. The molecule has 0 saturated heterocycles. The number of thiazole rings is 1. The largest absolute Gasteiger partial charge is 0.494 e. The van der Waals surface area contributed by atoms with E-state index in [1.54, 1.807) is 50.5 Å². The first-order valence-electron chi connectivity index (χ1n) is 39.5. The van der Waals surface area contributed by atoms with Crippen LogP contribution in [0.4, 0.5) is 41.9 Å². The van der Waals surface area contributed by atoms with Crippen LogP contribution >= 0.6 is 84.6 Å². The molecule has 4 aromatic heterocycles. The van der Waals surface area contributed by atoms with Crippen molar-refractivity contribution in [2.45, 2.75) is 117 Å². The van der Waals surface area contributed by atoms with E-state index in [9.17, 15) is 23.1 Å². The number of aryl methyl sites for hydroxylation is 1. The van der Waals surface area contributed by atoms with E-state index in [1.807, 2.05) is 149 Å². The lowest BCUT2D eigenvalue weighted by molar-refractivity contribution is -0.136. The molecule has 38 heteroatoms. The first kappa shape index (κ1) is 93.1.